The van der Waals surface area contributed by atoms with Gasteiger partial charge in [-0.2, -0.15) is 0 Å². The summed E-state index contributed by atoms with van der Waals surface area (Å²) in [7, 11) is 0. The number of carbonyl (C=O) groups is 1. The van der Waals surface area contributed by atoms with Gasteiger partial charge >= 0.3 is 0 Å². The molecule has 0 aliphatic carbocycles. The zero-order valence-corrected chi connectivity index (χ0v) is 12.9. The van der Waals surface area contributed by atoms with Gasteiger partial charge < -0.3 is 14.1 Å². The summed E-state index contributed by atoms with van der Waals surface area (Å²) < 4.78 is 11.2. The first kappa shape index (κ1) is 14.4. The highest BCUT2D eigenvalue weighted by atomic mass is 35.5. The number of rotatable bonds is 2. The summed E-state index contributed by atoms with van der Waals surface area (Å²) in [5, 5.41) is 1.54. The normalized spacial score (nSPS) is 19.2. The van der Waals surface area contributed by atoms with Crippen molar-refractivity contribution < 1.29 is 13.9 Å². The highest BCUT2D eigenvalue weighted by Gasteiger charge is 2.30. The molecule has 2 aromatic rings. The van der Waals surface area contributed by atoms with Crippen molar-refractivity contribution in [3.8, 4) is 0 Å². The van der Waals surface area contributed by atoms with Gasteiger partial charge in [0.15, 0.2) is 5.76 Å². The van der Waals surface area contributed by atoms with Gasteiger partial charge in [0.25, 0.3) is 5.91 Å². The molecule has 1 fully saturated rings. The van der Waals surface area contributed by atoms with E-state index in [1.165, 1.54) is 0 Å². The molecular formula is C16H18ClNO3. The van der Waals surface area contributed by atoms with Crippen LogP contribution in [0.1, 0.15) is 29.5 Å². The van der Waals surface area contributed by atoms with Gasteiger partial charge in [-0.05, 0) is 31.5 Å². The zero-order valence-electron chi connectivity index (χ0n) is 12.2. The van der Waals surface area contributed by atoms with Crippen LogP contribution in [0.2, 0.25) is 5.02 Å². The number of hydrogen-bond donors (Lipinski definition) is 0. The molecule has 1 aliphatic heterocycles. The second-order valence-electron chi connectivity index (χ2n) is 5.33. The van der Waals surface area contributed by atoms with E-state index in [0.29, 0.717) is 36.1 Å². The van der Waals surface area contributed by atoms with Crippen molar-refractivity contribution in [3.05, 3.63) is 34.5 Å². The minimum atomic E-state index is -0.0602. The van der Waals surface area contributed by atoms with Gasteiger partial charge in [0.2, 0.25) is 0 Å². The Morgan fingerprint density at radius 3 is 3.05 bits per heavy atom. The molecule has 4 nitrogen and oxygen atoms in total. The van der Waals surface area contributed by atoms with Gasteiger partial charge in [0, 0.05) is 22.5 Å². The topological polar surface area (TPSA) is 42.7 Å². The molecule has 0 bridgehead atoms. The first-order valence-electron chi connectivity index (χ1n) is 7.19. The van der Waals surface area contributed by atoms with Crippen LogP contribution in [0.5, 0.6) is 0 Å². The van der Waals surface area contributed by atoms with Crippen LogP contribution in [0.25, 0.3) is 11.0 Å². The average Bonchev–Trinajstić information content (AvgIpc) is 2.83. The third-order valence-corrected chi connectivity index (χ3v) is 4.29. The number of halogens is 1. The quantitative estimate of drug-likeness (QED) is 0.850. The lowest BCUT2D eigenvalue weighted by Gasteiger charge is -2.34. The van der Waals surface area contributed by atoms with Crippen LogP contribution >= 0.6 is 11.6 Å². The standard InChI is InChI=1S/C16H18ClNO3/c1-3-12-9-20-7-6-18(12)16(19)15-10(2)13-8-11(17)4-5-14(13)21-15/h4-5,8,12H,3,6-7,9H2,1-2H3/t12-/m1/s1. The molecule has 1 aliphatic rings. The van der Waals surface area contributed by atoms with E-state index in [2.05, 4.69) is 6.92 Å². The minimum absolute atomic E-state index is 0.0602. The highest BCUT2D eigenvalue weighted by Crippen LogP contribution is 2.29. The fraction of sp³-hybridized carbons (Fsp3) is 0.438. The Morgan fingerprint density at radius 1 is 1.48 bits per heavy atom. The summed E-state index contributed by atoms with van der Waals surface area (Å²) in [6.45, 7) is 5.73. The maximum Gasteiger partial charge on any atom is 0.290 e. The Labute approximate surface area is 128 Å². The number of carbonyl (C=O) groups excluding carboxylic acids is 1. The number of amides is 1. The van der Waals surface area contributed by atoms with Crippen LogP contribution in [-0.2, 0) is 4.74 Å². The Balaban J connectivity index is 1.99. The van der Waals surface area contributed by atoms with E-state index in [0.717, 1.165) is 17.4 Å². The van der Waals surface area contributed by atoms with E-state index in [-0.39, 0.29) is 11.9 Å². The molecule has 1 saturated heterocycles. The van der Waals surface area contributed by atoms with Crippen molar-refractivity contribution >= 4 is 28.5 Å². The van der Waals surface area contributed by atoms with Crippen molar-refractivity contribution in [3.63, 3.8) is 0 Å². The second-order valence-corrected chi connectivity index (χ2v) is 5.77. The fourth-order valence-electron chi connectivity index (χ4n) is 2.79. The summed E-state index contributed by atoms with van der Waals surface area (Å²) in [6.07, 6.45) is 0.872. The molecular weight excluding hydrogens is 290 g/mol. The number of aryl methyl sites for hydroxylation is 1. The molecule has 0 spiro atoms. The Hall–Kier alpha value is -1.52. The second kappa shape index (κ2) is 5.70. The summed E-state index contributed by atoms with van der Waals surface area (Å²) in [6, 6.07) is 5.52. The predicted octanol–water partition coefficient (Wildman–Crippen LogP) is 3.65. The Bertz CT molecular complexity index is 679. The smallest absolute Gasteiger partial charge is 0.290 e. The predicted molar refractivity (Wildman–Crippen MR) is 81.9 cm³/mol. The lowest BCUT2D eigenvalue weighted by atomic mass is 10.1. The third kappa shape index (κ3) is 2.54. The first-order chi connectivity index (χ1) is 10.1. The van der Waals surface area contributed by atoms with Gasteiger partial charge in [-0.3, -0.25) is 4.79 Å². The van der Waals surface area contributed by atoms with Crippen LogP contribution in [0, 0.1) is 6.92 Å². The van der Waals surface area contributed by atoms with E-state index in [1.54, 1.807) is 12.1 Å². The van der Waals surface area contributed by atoms with Crippen LogP contribution < -0.4 is 0 Å². The average molecular weight is 308 g/mol. The number of fused-ring (bicyclic) bond motifs is 1. The maximum absolute atomic E-state index is 12.8. The molecule has 3 rings (SSSR count). The van der Waals surface area contributed by atoms with E-state index in [1.807, 2.05) is 17.9 Å². The molecule has 0 radical (unpaired) electrons. The monoisotopic (exact) mass is 307 g/mol. The molecule has 1 aromatic carbocycles. The number of ether oxygens (including phenoxy) is 1. The first-order valence-corrected chi connectivity index (χ1v) is 7.57. The molecule has 1 aromatic heterocycles. The molecule has 21 heavy (non-hydrogen) atoms. The SMILES string of the molecule is CC[C@@H]1COCCN1C(=O)c1oc2ccc(Cl)cc2c1C. The molecule has 0 unspecified atom stereocenters. The van der Waals surface area contributed by atoms with Crippen LogP contribution in [0.4, 0.5) is 0 Å². The molecule has 1 atom stereocenters. The number of hydrogen-bond acceptors (Lipinski definition) is 3. The fourth-order valence-corrected chi connectivity index (χ4v) is 2.96. The molecule has 2 heterocycles. The molecule has 112 valence electrons. The molecule has 1 amide bonds. The molecule has 5 heteroatoms. The van der Waals surface area contributed by atoms with Crippen molar-refractivity contribution in [2.45, 2.75) is 26.3 Å². The van der Waals surface area contributed by atoms with Crippen LogP contribution in [0.3, 0.4) is 0 Å². The molecule has 0 saturated carbocycles. The van der Waals surface area contributed by atoms with Crippen molar-refractivity contribution in [2.24, 2.45) is 0 Å². The summed E-state index contributed by atoms with van der Waals surface area (Å²) in [4.78, 5) is 14.6. The van der Waals surface area contributed by atoms with Crippen LogP contribution in [0.15, 0.2) is 22.6 Å². The minimum Gasteiger partial charge on any atom is -0.451 e. The maximum atomic E-state index is 12.8. The van der Waals surface area contributed by atoms with Gasteiger partial charge in [-0.15, -0.1) is 0 Å². The number of furan rings is 1. The summed E-state index contributed by atoms with van der Waals surface area (Å²) in [5.74, 6) is 0.350. The Morgan fingerprint density at radius 2 is 2.29 bits per heavy atom. The third-order valence-electron chi connectivity index (χ3n) is 4.05. The summed E-state index contributed by atoms with van der Waals surface area (Å²) >= 11 is 6.02. The van der Waals surface area contributed by atoms with Crippen LogP contribution in [-0.4, -0.2) is 36.6 Å². The number of morpholine rings is 1. The van der Waals surface area contributed by atoms with Gasteiger partial charge in [-0.25, -0.2) is 0 Å². The van der Waals surface area contributed by atoms with Gasteiger partial charge in [0.05, 0.1) is 19.3 Å². The van der Waals surface area contributed by atoms with E-state index < -0.39 is 0 Å². The lowest BCUT2D eigenvalue weighted by Crippen LogP contribution is -2.48. The highest BCUT2D eigenvalue weighted by molar-refractivity contribution is 6.31. The van der Waals surface area contributed by atoms with E-state index in [4.69, 9.17) is 20.8 Å². The Kier molecular flexibility index (Phi) is 3.91. The summed E-state index contributed by atoms with van der Waals surface area (Å²) in [5.41, 5.74) is 1.54. The largest absolute Gasteiger partial charge is 0.451 e. The lowest BCUT2D eigenvalue weighted by molar-refractivity contribution is -0.00428. The number of benzene rings is 1. The molecule has 0 N–H and O–H groups in total. The van der Waals surface area contributed by atoms with Crippen molar-refractivity contribution in [1.29, 1.82) is 0 Å². The van der Waals surface area contributed by atoms with Crippen molar-refractivity contribution in [1.82, 2.24) is 4.90 Å². The number of nitrogens with zero attached hydrogens (tertiary/aromatic N) is 1. The van der Waals surface area contributed by atoms with E-state index in [9.17, 15) is 4.79 Å². The van der Waals surface area contributed by atoms with Gasteiger partial charge in [0.1, 0.15) is 5.58 Å². The van der Waals surface area contributed by atoms with Gasteiger partial charge in [-0.1, -0.05) is 18.5 Å². The van der Waals surface area contributed by atoms with Crippen molar-refractivity contribution in [2.75, 3.05) is 19.8 Å². The van der Waals surface area contributed by atoms with E-state index >= 15 is 0 Å². The zero-order chi connectivity index (χ0) is 15.0.